The maximum atomic E-state index is 13.0. The van der Waals surface area contributed by atoms with Crippen LogP contribution in [0, 0.1) is 0 Å². The number of pyridine rings is 1. The highest BCUT2D eigenvalue weighted by atomic mass is 35.5. The Morgan fingerprint density at radius 2 is 1.97 bits per heavy atom. The molecule has 0 aliphatic heterocycles. The van der Waals surface area contributed by atoms with Crippen LogP contribution >= 0.6 is 35.6 Å². The largest absolute Gasteiger partial charge is 0.394 e. The molecule has 6 nitrogen and oxygen atoms in total. The number of carbonyl (C=O) groups is 1. The maximum absolute atomic E-state index is 13.0. The lowest BCUT2D eigenvalue weighted by Gasteiger charge is -2.18. The summed E-state index contributed by atoms with van der Waals surface area (Å²) in [5, 5.41) is 16.8. The number of hydrogen-bond donors (Lipinski definition) is 3. The summed E-state index contributed by atoms with van der Waals surface area (Å²) >= 11 is 12.4. The summed E-state index contributed by atoms with van der Waals surface area (Å²) in [7, 11) is 0. The number of halogens is 3. The summed E-state index contributed by atoms with van der Waals surface area (Å²) in [6, 6.07) is 11.9. The van der Waals surface area contributed by atoms with E-state index >= 15 is 0 Å². The van der Waals surface area contributed by atoms with Crippen molar-refractivity contribution >= 4 is 47.3 Å². The molecule has 0 radical (unpaired) electrons. The second kappa shape index (κ2) is 10.7. The van der Waals surface area contributed by atoms with Crippen LogP contribution in [0.2, 0.25) is 10.0 Å². The molecule has 3 rings (SSSR count). The number of amides is 1. The molecule has 3 N–H and O–H groups in total. The van der Waals surface area contributed by atoms with Crippen LogP contribution in [0.25, 0.3) is 5.69 Å². The summed E-state index contributed by atoms with van der Waals surface area (Å²) in [4.78, 5) is 17.2. The lowest BCUT2D eigenvalue weighted by molar-refractivity contribution is 0.0909. The Labute approximate surface area is 191 Å². The minimum absolute atomic E-state index is 0. The van der Waals surface area contributed by atoms with E-state index in [0.29, 0.717) is 27.2 Å². The number of carbonyl (C=O) groups excluding carboxylic acids is 1. The van der Waals surface area contributed by atoms with Crippen molar-refractivity contribution in [2.45, 2.75) is 25.9 Å². The lowest BCUT2D eigenvalue weighted by Crippen LogP contribution is -2.32. The molecule has 0 saturated carbocycles. The van der Waals surface area contributed by atoms with Gasteiger partial charge in [0.1, 0.15) is 11.5 Å². The number of hydrogen-bond acceptors (Lipinski definition) is 4. The Morgan fingerprint density at radius 1 is 1.20 bits per heavy atom. The van der Waals surface area contributed by atoms with Gasteiger partial charge in [0.05, 0.1) is 29.6 Å². The van der Waals surface area contributed by atoms with Crippen molar-refractivity contribution in [1.82, 2.24) is 14.9 Å². The zero-order valence-corrected chi connectivity index (χ0v) is 18.8. The Balaban J connectivity index is 0.00000320. The molecule has 1 unspecified atom stereocenters. The minimum atomic E-state index is -0.587. The van der Waals surface area contributed by atoms with E-state index in [1.54, 1.807) is 59.4 Å². The van der Waals surface area contributed by atoms with Crippen molar-refractivity contribution in [1.29, 1.82) is 0 Å². The maximum Gasteiger partial charge on any atom is 0.268 e. The fraction of sp³-hybridized carbons (Fsp3) is 0.238. The molecule has 160 valence electrons. The number of rotatable bonds is 7. The molecule has 0 fully saturated rings. The predicted octanol–water partition coefficient (Wildman–Crippen LogP) is 4.88. The highest BCUT2D eigenvalue weighted by Gasteiger charge is 2.19. The number of anilines is 1. The Kier molecular flexibility index (Phi) is 8.55. The Bertz CT molecular complexity index is 1010. The van der Waals surface area contributed by atoms with E-state index in [1.807, 2.05) is 13.8 Å². The topological polar surface area (TPSA) is 79.2 Å². The van der Waals surface area contributed by atoms with Gasteiger partial charge in [0.15, 0.2) is 0 Å². The normalized spacial score (nSPS) is 11.7. The summed E-state index contributed by atoms with van der Waals surface area (Å²) in [6.07, 6.45) is 3.30. The fourth-order valence-corrected chi connectivity index (χ4v) is 3.35. The standard InChI is InChI=1S/C21H22Cl2N4O2.ClH/c1-13(2)25-20-10-19(16(23)11-24-20)27-8-4-7-18(27)21(29)26-17(12-28)14-5-3-6-15(22)9-14;/h3-11,13,17,28H,12H2,1-2H3,(H,24,25)(H,26,29);1H. The summed E-state index contributed by atoms with van der Waals surface area (Å²) in [5.74, 6) is 0.312. The van der Waals surface area contributed by atoms with E-state index < -0.39 is 6.04 Å². The average molecular weight is 470 g/mol. The molecule has 0 bridgehead atoms. The van der Waals surface area contributed by atoms with Gasteiger partial charge in [-0.2, -0.15) is 0 Å². The van der Waals surface area contributed by atoms with Crippen LogP contribution in [0.1, 0.15) is 35.9 Å². The van der Waals surface area contributed by atoms with Crippen molar-refractivity contribution in [3.05, 3.63) is 76.2 Å². The molecule has 2 heterocycles. The van der Waals surface area contributed by atoms with E-state index in [4.69, 9.17) is 23.2 Å². The third-order valence-corrected chi connectivity index (χ3v) is 4.78. The van der Waals surface area contributed by atoms with Crippen molar-refractivity contribution in [3.8, 4) is 5.69 Å². The zero-order valence-electron chi connectivity index (χ0n) is 16.5. The summed E-state index contributed by atoms with van der Waals surface area (Å²) < 4.78 is 1.69. The smallest absolute Gasteiger partial charge is 0.268 e. The van der Waals surface area contributed by atoms with Gasteiger partial charge in [0.2, 0.25) is 0 Å². The molecule has 3 aromatic rings. The average Bonchev–Trinajstić information content (AvgIpc) is 3.16. The first-order valence-corrected chi connectivity index (χ1v) is 9.91. The van der Waals surface area contributed by atoms with Gasteiger partial charge >= 0.3 is 0 Å². The van der Waals surface area contributed by atoms with Crippen molar-refractivity contribution in [3.63, 3.8) is 0 Å². The van der Waals surface area contributed by atoms with Crippen LogP contribution in [-0.4, -0.2) is 33.2 Å². The van der Waals surface area contributed by atoms with Crippen molar-refractivity contribution in [2.24, 2.45) is 0 Å². The molecule has 0 spiro atoms. The summed E-state index contributed by atoms with van der Waals surface area (Å²) in [5.41, 5.74) is 1.73. The fourth-order valence-electron chi connectivity index (χ4n) is 2.95. The van der Waals surface area contributed by atoms with Gasteiger partial charge in [-0.25, -0.2) is 4.98 Å². The van der Waals surface area contributed by atoms with Gasteiger partial charge in [-0.1, -0.05) is 35.3 Å². The van der Waals surface area contributed by atoms with Crippen LogP contribution in [0.3, 0.4) is 0 Å². The number of nitrogens with one attached hydrogen (secondary N) is 2. The van der Waals surface area contributed by atoms with Gasteiger partial charge in [-0.3, -0.25) is 4.79 Å². The van der Waals surface area contributed by atoms with E-state index in [-0.39, 0.29) is 31.0 Å². The van der Waals surface area contributed by atoms with Crippen LogP contribution in [0.15, 0.2) is 54.9 Å². The number of aromatic nitrogens is 2. The number of benzene rings is 1. The van der Waals surface area contributed by atoms with Gasteiger partial charge in [-0.05, 0) is 43.7 Å². The van der Waals surface area contributed by atoms with Crippen LogP contribution in [0.4, 0.5) is 5.82 Å². The number of aliphatic hydroxyl groups is 1. The highest BCUT2D eigenvalue weighted by Crippen LogP contribution is 2.25. The van der Waals surface area contributed by atoms with Crippen molar-refractivity contribution < 1.29 is 9.90 Å². The predicted molar refractivity (Wildman–Crippen MR) is 123 cm³/mol. The number of aliphatic hydroxyl groups excluding tert-OH is 1. The molecule has 1 amide bonds. The van der Waals surface area contributed by atoms with Gasteiger partial charge in [0.25, 0.3) is 5.91 Å². The Morgan fingerprint density at radius 3 is 2.63 bits per heavy atom. The van der Waals surface area contributed by atoms with E-state index in [1.165, 1.54) is 0 Å². The molecule has 2 aromatic heterocycles. The molecule has 30 heavy (non-hydrogen) atoms. The molecule has 0 aliphatic rings. The van der Waals surface area contributed by atoms with Gasteiger partial charge < -0.3 is 20.3 Å². The monoisotopic (exact) mass is 468 g/mol. The molecule has 1 atom stereocenters. The quantitative estimate of drug-likeness (QED) is 0.460. The SMILES string of the molecule is CC(C)Nc1cc(-n2cccc2C(=O)NC(CO)c2cccc(Cl)c2)c(Cl)cn1.Cl. The van der Waals surface area contributed by atoms with E-state index in [9.17, 15) is 9.90 Å². The Hall–Kier alpha value is -2.25. The molecule has 1 aromatic carbocycles. The van der Waals surface area contributed by atoms with Crippen LogP contribution in [-0.2, 0) is 0 Å². The number of nitrogens with zero attached hydrogens (tertiary/aromatic N) is 2. The molecule has 0 saturated heterocycles. The molecular weight excluding hydrogens is 447 g/mol. The van der Waals surface area contributed by atoms with Gasteiger partial charge in [-0.15, -0.1) is 12.4 Å². The van der Waals surface area contributed by atoms with E-state index in [2.05, 4.69) is 15.6 Å². The third-order valence-electron chi connectivity index (χ3n) is 4.25. The second-order valence-corrected chi connectivity index (χ2v) is 7.69. The first-order chi connectivity index (χ1) is 13.9. The second-order valence-electron chi connectivity index (χ2n) is 6.85. The lowest BCUT2D eigenvalue weighted by atomic mass is 10.1. The van der Waals surface area contributed by atoms with Crippen molar-refractivity contribution in [2.75, 3.05) is 11.9 Å². The first kappa shape index (κ1) is 24.0. The molecule has 9 heteroatoms. The first-order valence-electron chi connectivity index (χ1n) is 9.16. The molecular formula is C21H23Cl3N4O2. The molecule has 0 aliphatic carbocycles. The van der Waals surface area contributed by atoms with E-state index in [0.717, 1.165) is 5.56 Å². The zero-order chi connectivity index (χ0) is 21.0. The van der Waals surface area contributed by atoms with Gasteiger partial charge in [0, 0.05) is 23.3 Å². The summed E-state index contributed by atoms with van der Waals surface area (Å²) in [6.45, 7) is 3.76. The van der Waals surface area contributed by atoms with Crippen LogP contribution in [0.5, 0.6) is 0 Å². The van der Waals surface area contributed by atoms with Crippen LogP contribution < -0.4 is 10.6 Å². The highest BCUT2D eigenvalue weighted by molar-refractivity contribution is 6.32. The third kappa shape index (κ3) is 5.67. The minimum Gasteiger partial charge on any atom is -0.394 e.